The summed E-state index contributed by atoms with van der Waals surface area (Å²) in [6.07, 6.45) is 2.15. The normalized spacial score (nSPS) is 18.4. The van der Waals surface area contributed by atoms with Crippen molar-refractivity contribution in [1.29, 1.82) is 0 Å². The Morgan fingerprint density at radius 3 is 2.78 bits per heavy atom. The molecule has 0 saturated heterocycles. The van der Waals surface area contributed by atoms with Gasteiger partial charge < -0.3 is 15.2 Å². The van der Waals surface area contributed by atoms with Crippen LogP contribution in [0.5, 0.6) is 5.75 Å². The van der Waals surface area contributed by atoms with E-state index < -0.39 is 17.2 Å². The van der Waals surface area contributed by atoms with Gasteiger partial charge in [0.25, 0.3) is 0 Å². The number of rotatable bonds is 6. The fourth-order valence-corrected chi connectivity index (χ4v) is 1.68. The smallest absolute Gasteiger partial charge is 0.165 e. The lowest BCUT2D eigenvalue weighted by Crippen LogP contribution is -2.51. The van der Waals surface area contributed by atoms with E-state index in [9.17, 15) is 13.9 Å². The van der Waals surface area contributed by atoms with Gasteiger partial charge >= 0.3 is 0 Å². The quantitative estimate of drug-likeness (QED) is 0.817. The minimum atomic E-state index is -0.639. The molecule has 5 heteroatoms. The molecule has 18 heavy (non-hydrogen) atoms. The first-order chi connectivity index (χ1) is 8.52. The number of halogens is 2. The van der Waals surface area contributed by atoms with Crippen LogP contribution in [-0.2, 0) is 0 Å². The summed E-state index contributed by atoms with van der Waals surface area (Å²) in [5, 5.41) is 12.6. The minimum absolute atomic E-state index is 0.0837. The highest BCUT2D eigenvalue weighted by Gasteiger charge is 2.32. The van der Waals surface area contributed by atoms with Crippen molar-refractivity contribution in [2.75, 3.05) is 13.2 Å². The number of nitrogens with one attached hydrogen (secondary N) is 1. The SMILES string of the molecule is CC(CO)(COc1cc(F)ccc1F)NC1CC1. The zero-order valence-electron chi connectivity index (χ0n) is 10.2. The Hall–Kier alpha value is -1.20. The summed E-state index contributed by atoms with van der Waals surface area (Å²) < 4.78 is 31.6. The zero-order chi connectivity index (χ0) is 13.2. The van der Waals surface area contributed by atoms with Gasteiger partial charge in [-0.3, -0.25) is 0 Å². The molecule has 1 aliphatic rings. The fraction of sp³-hybridized carbons (Fsp3) is 0.538. The van der Waals surface area contributed by atoms with Crippen LogP contribution in [0.4, 0.5) is 8.78 Å². The van der Waals surface area contributed by atoms with E-state index in [1.807, 2.05) is 0 Å². The van der Waals surface area contributed by atoms with Crippen LogP contribution in [0.1, 0.15) is 19.8 Å². The van der Waals surface area contributed by atoms with Crippen LogP contribution in [0.3, 0.4) is 0 Å². The molecule has 3 nitrogen and oxygen atoms in total. The average molecular weight is 257 g/mol. The van der Waals surface area contributed by atoms with Gasteiger partial charge in [-0.05, 0) is 31.9 Å². The molecule has 100 valence electrons. The van der Waals surface area contributed by atoms with Crippen molar-refractivity contribution in [2.24, 2.45) is 0 Å². The van der Waals surface area contributed by atoms with Crippen LogP contribution in [0, 0.1) is 11.6 Å². The lowest BCUT2D eigenvalue weighted by molar-refractivity contribution is 0.112. The number of benzene rings is 1. The Labute approximate surface area is 105 Å². The van der Waals surface area contributed by atoms with Gasteiger partial charge in [0, 0.05) is 12.1 Å². The maximum atomic E-state index is 13.3. The third-order valence-electron chi connectivity index (χ3n) is 2.92. The number of hydrogen-bond donors (Lipinski definition) is 2. The highest BCUT2D eigenvalue weighted by Crippen LogP contribution is 2.24. The summed E-state index contributed by atoms with van der Waals surface area (Å²) in [6.45, 7) is 1.75. The highest BCUT2D eigenvalue weighted by molar-refractivity contribution is 5.25. The molecule has 2 N–H and O–H groups in total. The Morgan fingerprint density at radius 2 is 2.17 bits per heavy atom. The van der Waals surface area contributed by atoms with Crippen molar-refractivity contribution in [3.63, 3.8) is 0 Å². The summed E-state index contributed by atoms with van der Waals surface area (Å²) in [6, 6.07) is 3.46. The lowest BCUT2D eigenvalue weighted by Gasteiger charge is -2.28. The molecule has 0 radical (unpaired) electrons. The average Bonchev–Trinajstić information content (AvgIpc) is 3.14. The van der Waals surface area contributed by atoms with Crippen molar-refractivity contribution >= 4 is 0 Å². The summed E-state index contributed by atoms with van der Waals surface area (Å²) in [4.78, 5) is 0. The second kappa shape index (κ2) is 5.20. The van der Waals surface area contributed by atoms with Gasteiger partial charge in [-0.25, -0.2) is 8.78 Å². The standard InChI is InChI=1S/C13H17F2NO2/c1-13(7-17,16-10-3-4-10)8-18-12-6-9(14)2-5-11(12)15/h2,5-6,10,16-17H,3-4,7-8H2,1H3. The van der Waals surface area contributed by atoms with Crippen LogP contribution >= 0.6 is 0 Å². The molecule has 0 aliphatic heterocycles. The molecule has 0 heterocycles. The number of aliphatic hydroxyl groups excluding tert-OH is 1. The third-order valence-corrected chi connectivity index (χ3v) is 2.92. The van der Waals surface area contributed by atoms with Crippen molar-refractivity contribution in [3.8, 4) is 5.75 Å². The first kappa shape index (κ1) is 13.2. The maximum Gasteiger partial charge on any atom is 0.165 e. The second-order valence-electron chi connectivity index (χ2n) is 5.00. The van der Waals surface area contributed by atoms with E-state index >= 15 is 0 Å². The van der Waals surface area contributed by atoms with E-state index in [1.165, 1.54) is 0 Å². The Bertz CT molecular complexity index is 423. The van der Waals surface area contributed by atoms with Crippen molar-refractivity contribution in [2.45, 2.75) is 31.3 Å². The van der Waals surface area contributed by atoms with Crippen LogP contribution in [-0.4, -0.2) is 29.9 Å². The first-order valence-corrected chi connectivity index (χ1v) is 5.99. The molecule has 2 rings (SSSR count). The van der Waals surface area contributed by atoms with Crippen molar-refractivity contribution in [1.82, 2.24) is 5.32 Å². The summed E-state index contributed by atoms with van der Waals surface area (Å²) in [5.74, 6) is -1.29. The van der Waals surface area contributed by atoms with Crippen LogP contribution in [0.2, 0.25) is 0 Å². The van der Waals surface area contributed by atoms with E-state index in [-0.39, 0.29) is 19.0 Å². The van der Waals surface area contributed by atoms with Gasteiger partial charge in [0.05, 0.1) is 12.1 Å². The van der Waals surface area contributed by atoms with Gasteiger partial charge in [-0.15, -0.1) is 0 Å². The van der Waals surface area contributed by atoms with Gasteiger partial charge in [0.15, 0.2) is 11.6 Å². The fourth-order valence-electron chi connectivity index (χ4n) is 1.68. The van der Waals surface area contributed by atoms with Crippen molar-refractivity contribution in [3.05, 3.63) is 29.8 Å². The topological polar surface area (TPSA) is 41.5 Å². The van der Waals surface area contributed by atoms with Gasteiger partial charge in [-0.2, -0.15) is 0 Å². The summed E-state index contributed by atoms with van der Waals surface area (Å²) in [5.41, 5.74) is -0.639. The highest BCUT2D eigenvalue weighted by atomic mass is 19.1. The molecule has 1 saturated carbocycles. The largest absolute Gasteiger partial charge is 0.488 e. The van der Waals surface area contributed by atoms with E-state index in [4.69, 9.17) is 4.74 Å². The predicted molar refractivity (Wildman–Crippen MR) is 63.5 cm³/mol. The van der Waals surface area contributed by atoms with E-state index in [0.29, 0.717) is 6.04 Å². The molecule has 0 spiro atoms. The van der Waals surface area contributed by atoms with Gasteiger partial charge in [0.2, 0.25) is 0 Å². The molecule has 0 bridgehead atoms. The maximum absolute atomic E-state index is 13.3. The van der Waals surface area contributed by atoms with E-state index in [1.54, 1.807) is 6.92 Å². The van der Waals surface area contributed by atoms with E-state index in [0.717, 1.165) is 31.0 Å². The molecular formula is C13H17F2NO2. The monoisotopic (exact) mass is 257 g/mol. The van der Waals surface area contributed by atoms with Gasteiger partial charge in [0.1, 0.15) is 12.4 Å². The number of hydrogen-bond acceptors (Lipinski definition) is 3. The second-order valence-corrected chi connectivity index (χ2v) is 5.00. The van der Waals surface area contributed by atoms with Crippen LogP contribution in [0.15, 0.2) is 18.2 Å². The molecule has 1 aliphatic carbocycles. The molecule has 1 atom stereocenters. The number of ether oxygens (including phenoxy) is 1. The third kappa shape index (κ3) is 3.40. The summed E-state index contributed by atoms with van der Waals surface area (Å²) in [7, 11) is 0. The minimum Gasteiger partial charge on any atom is -0.488 e. The molecule has 0 aromatic heterocycles. The summed E-state index contributed by atoms with van der Waals surface area (Å²) >= 11 is 0. The number of aliphatic hydroxyl groups is 1. The van der Waals surface area contributed by atoms with E-state index in [2.05, 4.69) is 5.32 Å². The Balaban J connectivity index is 1.97. The molecule has 1 unspecified atom stereocenters. The van der Waals surface area contributed by atoms with Crippen molar-refractivity contribution < 1.29 is 18.6 Å². The molecule has 0 amide bonds. The Kier molecular flexibility index (Phi) is 3.82. The molecule has 1 fully saturated rings. The molecule has 1 aromatic rings. The molecule has 1 aromatic carbocycles. The Morgan fingerprint density at radius 1 is 1.44 bits per heavy atom. The van der Waals surface area contributed by atoms with Crippen LogP contribution < -0.4 is 10.1 Å². The van der Waals surface area contributed by atoms with Gasteiger partial charge in [-0.1, -0.05) is 0 Å². The first-order valence-electron chi connectivity index (χ1n) is 5.99. The van der Waals surface area contributed by atoms with Crippen LogP contribution in [0.25, 0.3) is 0 Å². The zero-order valence-corrected chi connectivity index (χ0v) is 10.2. The predicted octanol–water partition coefficient (Wildman–Crippen LogP) is 1.85. The molecular weight excluding hydrogens is 240 g/mol. The lowest BCUT2D eigenvalue weighted by atomic mass is 10.1.